The number of nitrogens with one attached hydrogen (secondary N) is 1. The molecule has 6 heteroatoms. The Morgan fingerprint density at radius 3 is 2.44 bits per heavy atom. The Kier molecular flexibility index (Phi) is 4.67. The van der Waals surface area contributed by atoms with Crippen molar-refractivity contribution < 1.29 is 9.31 Å². The van der Waals surface area contributed by atoms with Crippen molar-refractivity contribution in [2.24, 2.45) is 0 Å². The third-order valence-electron chi connectivity index (χ3n) is 3.23. The van der Waals surface area contributed by atoms with Gasteiger partial charge in [-0.1, -0.05) is 13.8 Å². The summed E-state index contributed by atoms with van der Waals surface area (Å²) in [6, 6.07) is 2.34. The molecule has 1 rings (SSSR count). The number of benzene rings is 1. The summed E-state index contributed by atoms with van der Waals surface area (Å²) in [5.74, 6) is -0.637. The minimum atomic E-state index is -0.637. The lowest BCUT2D eigenvalue weighted by Crippen LogP contribution is -2.33. The van der Waals surface area contributed by atoms with Gasteiger partial charge in [0, 0.05) is 5.54 Å². The molecule has 0 amide bonds. The fourth-order valence-corrected chi connectivity index (χ4v) is 1.88. The van der Waals surface area contributed by atoms with E-state index >= 15 is 0 Å². The molecule has 0 atom stereocenters. The molecule has 1 aromatic rings. The fraction of sp³-hybridized carbons (Fsp3) is 0.500. The van der Waals surface area contributed by atoms with Crippen LogP contribution in [0, 0.1) is 15.9 Å². The SMILES string of the molecule is CCC(C)(CC)Nc1cc(Br)c(F)cc1[N+](=O)[O-]. The van der Waals surface area contributed by atoms with E-state index in [0.29, 0.717) is 5.69 Å². The smallest absolute Gasteiger partial charge is 0.295 e. The van der Waals surface area contributed by atoms with E-state index in [1.807, 2.05) is 20.8 Å². The molecule has 18 heavy (non-hydrogen) atoms. The van der Waals surface area contributed by atoms with E-state index in [1.165, 1.54) is 6.07 Å². The average Bonchev–Trinajstić information content (AvgIpc) is 2.33. The van der Waals surface area contributed by atoms with Crippen molar-refractivity contribution >= 4 is 27.3 Å². The van der Waals surface area contributed by atoms with Crippen molar-refractivity contribution in [1.82, 2.24) is 0 Å². The summed E-state index contributed by atoms with van der Waals surface area (Å²) in [6.07, 6.45) is 1.63. The number of halogens is 2. The molecule has 0 unspecified atom stereocenters. The first kappa shape index (κ1) is 14.9. The van der Waals surface area contributed by atoms with Crippen LogP contribution in [0.2, 0.25) is 0 Å². The molecule has 0 aromatic heterocycles. The molecule has 0 saturated heterocycles. The molecule has 0 aliphatic rings. The highest BCUT2D eigenvalue weighted by molar-refractivity contribution is 9.10. The van der Waals surface area contributed by atoms with Crippen molar-refractivity contribution in [3.8, 4) is 0 Å². The Morgan fingerprint density at radius 2 is 2.00 bits per heavy atom. The molecule has 0 radical (unpaired) electrons. The zero-order valence-corrected chi connectivity index (χ0v) is 12.2. The van der Waals surface area contributed by atoms with Crippen LogP contribution in [0.5, 0.6) is 0 Å². The van der Waals surface area contributed by atoms with Crippen LogP contribution in [0.4, 0.5) is 15.8 Å². The first-order chi connectivity index (χ1) is 8.33. The van der Waals surface area contributed by atoms with Crippen molar-refractivity contribution in [1.29, 1.82) is 0 Å². The van der Waals surface area contributed by atoms with Crippen LogP contribution in [0.3, 0.4) is 0 Å². The summed E-state index contributed by atoms with van der Waals surface area (Å²) >= 11 is 3.04. The van der Waals surface area contributed by atoms with Gasteiger partial charge in [0.2, 0.25) is 0 Å². The Bertz CT molecular complexity index is 462. The van der Waals surface area contributed by atoms with Crippen molar-refractivity contribution in [3.05, 3.63) is 32.5 Å². The van der Waals surface area contributed by atoms with Crippen LogP contribution >= 0.6 is 15.9 Å². The zero-order valence-electron chi connectivity index (χ0n) is 10.6. The number of hydrogen-bond acceptors (Lipinski definition) is 3. The van der Waals surface area contributed by atoms with Crippen LogP contribution < -0.4 is 5.32 Å². The van der Waals surface area contributed by atoms with E-state index in [-0.39, 0.29) is 15.7 Å². The maximum atomic E-state index is 13.3. The van der Waals surface area contributed by atoms with Gasteiger partial charge in [-0.25, -0.2) is 4.39 Å². The van der Waals surface area contributed by atoms with E-state index in [9.17, 15) is 14.5 Å². The molecule has 0 aliphatic heterocycles. The van der Waals surface area contributed by atoms with Crippen LogP contribution in [0.1, 0.15) is 33.6 Å². The number of nitro benzene ring substituents is 1. The first-order valence-corrected chi connectivity index (χ1v) is 6.54. The van der Waals surface area contributed by atoms with E-state index in [0.717, 1.165) is 18.9 Å². The highest BCUT2D eigenvalue weighted by atomic mass is 79.9. The van der Waals surface area contributed by atoms with Gasteiger partial charge < -0.3 is 5.32 Å². The largest absolute Gasteiger partial charge is 0.374 e. The molecule has 100 valence electrons. The van der Waals surface area contributed by atoms with Crippen LogP contribution in [0.25, 0.3) is 0 Å². The predicted molar refractivity (Wildman–Crippen MR) is 73.4 cm³/mol. The van der Waals surface area contributed by atoms with Crippen LogP contribution in [-0.2, 0) is 0 Å². The second kappa shape index (κ2) is 5.65. The normalized spacial score (nSPS) is 11.4. The zero-order chi connectivity index (χ0) is 13.9. The molecule has 0 spiro atoms. The summed E-state index contributed by atoms with van der Waals surface area (Å²) in [5.41, 5.74) is -0.162. The van der Waals surface area contributed by atoms with Crippen LogP contribution in [-0.4, -0.2) is 10.5 Å². The van der Waals surface area contributed by atoms with E-state index in [2.05, 4.69) is 21.2 Å². The molecule has 0 heterocycles. The first-order valence-electron chi connectivity index (χ1n) is 5.74. The van der Waals surface area contributed by atoms with Crippen LogP contribution in [0.15, 0.2) is 16.6 Å². The molecule has 0 aliphatic carbocycles. The molecule has 1 aromatic carbocycles. The Balaban J connectivity index is 3.22. The molecule has 0 bridgehead atoms. The number of anilines is 1. The lowest BCUT2D eigenvalue weighted by Gasteiger charge is -2.29. The predicted octanol–water partition coefficient (Wildman–Crippen LogP) is 4.49. The Morgan fingerprint density at radius 1 is 1.44 bits per heavy atom. The molecular weight excluding hydrogens is 303 g/mol. The molecule has 4 nitrogen and oxygen atoms in total. The van der Waals surface area contributed by atoms with Crippen molar-refractivity contribution in [2.45, 2.75) is 39.2 Å². The number of hydrogen-bond donors (Lipinski definition) is 1. The average molecular weight is 319 g/mol. The highest BCUT2D eigenvalue weighted by Crippen LogP contribution is 2.33. The fourth-order valence-electron chi connectivity index (χ4n) is 1.54. The van der Waals surface area contributed by atoms with Crippen molar-refractivity contribution in [3.63, 3.8) is 0 Å². The van der Waals surface area contributed by atoms with Gasteiger partial charge in [0.1, 0.15) is 11.5 Å². The van der Waals surface area contributed by atoms with Gasteiger partial charge in [0.05, 0.1) is 15.5 Å². The maximum absolute atomic E-state index is 13.3. The van der Waals surface area contributed by atoms with Gasteiger partial charge in [-0.15, -0.1) is 0 Å². The number of nitro groups is 1. The quantitative estimate of drug-likeness (QED) is 0.643. The second-order valence-electron chi connectivity index (χ2n) is 4.43. The highest BCUT2D eigenvalue weighted by Gasteiger charge is 2.25. The monoisotopic (exact) mass is 318 g/mol. The summed E-state index contributed by atoms with van der Waals surface area (Å²) in [6.45, 7) is 5.98. The standard InChI is InChI=1S/C12H16BrFN2O2/c1-4-12(3,5-2)15-10-6-8(13)9(14)7-11(10)16(17)18/h6-7,15H,4-5H2,1-3H3. The van der Waals surface area contributed by atoms with Gasteiger partial charge in [-0.3, -0.25) is 10.1 Å². The third-order valence-corrected chi connectivity index (χ3v) is 3.84. The Hall–Kier alpha value is -1.17. The Labute approximate surface area is 114 Å². The number of nitrogens with zero attached hydrogens (tertiary/aromatic N) is 1. The number of rotatable bonds is 5. The minimum Gasteiger partial charge on any atom is -0.374 e. The minimum absolute atomic E-state index is 0.213. The van der Waals surface area contributed by atoms with Crippen molar-refractivity contribution in [2.75, 3.05) is 5.32 Å². The van der Waals surface area contributed by atoms with Gasteiger partial charge >= 0.3 is 0 Å². The topological polar surface area (TPSA) is 55.2 Å². The van der Waals surface area contributed by atoms with Gasteiger partial charge in [0.25, 0.3) is 5.69 Å². The maximum Gasteiger partial charge on any atom is 0.295 e. The summed E-state index contributed by atoms with van der Waals surface area (Å²) < 4.78 is 13.6. The van der Waals surface area contributed by atoms with E-state index in [4.69, 9.17) is 0 Å². The van der Waals surface area contributed by atoms with E-state index in [1.54, 1.807) is 0 Å². The molecule has 0 saturated carbocycles. The lowest BCUT2D eigenvalue weighted by atomic mass is 9.95. The molecule has 0 fully saturated rings. The van der Waals surface area contributed by atoms with Gasteiger partial charge in [-0.2, -0.15) is 0 Å². The second-order valence-corrected chi connectivity index (χ2v) is 5.29. The third kappa shape index (κ3) is 3.19. The lowest BCUT2D eigenvalue weighted by molar-refractivity contribution is -0.384. The van der Waals surface area contributed by atoms with Gasteiger partial charge in [-0.05, 0) is 41.8 Å². The van der Waals surface area contributed by atoms with Gasteiger partial charge in [0.15, 0.2) is 0 Å². The van der Waals surface area contributed by atoms with E-state index < -0.39 is 10.7 Å². The summed E-state index contributed by atoms with van der Waals surface area (Å²) in [5, 5.41) is 14.1. The summed E-state index contributed by atoms with van der Waals surface area (Å²) in [4.78, 5) is 10.4. The summed E-state index contributed by atoms with van der Waals surface area (Å²) in [7, 11) is 0. The molecule has 1 N–H and O–H groups in total. The molecular formula is C12H16BrFN2O2.